The maximum absolute atomic E-state index is 13.0. The normalized spacial score (nSPS) is 23.9. The zero-order chi connectivity index (χ0) is 15.9. The number of thioether (sulfide) groups is 1. The van der Waals surface area contributed by atoms with Crippen LogP contribution in [0.25, 0.3) is 0 Å². The second-order valence-corrected chi connectivity index (χ2v) is 8.35. The third kappa shape index (κ3) is 2.69. The molecule has 2 unspecified atom stereocenters. The second-order valence-electron chi connectivity index (χ2n) is 5.42. The number of nitrogens with one attached hydrogen (secondary N) is 1. The van der Waals surface area contributed by atoms with Crippen LogP contribution in [0.15, 0.2) is 4.90 Å². The number of hydrogen-bond donors (Lipinski definition) is 2. The molecule has 2 heterocycles. The number of aromatic amines is 1. The summed E-state index contributed by atoms with van der Waals surface area (Å²) in [4.78, 5) is 11.5. The van der Waals surface area contributed by atoms with Crippen molar-refractivity contribution in [2.24, 2.45) is 5.92 Å². The number of aliphatic carboxylic acids is 1. The van der Waals surface area contributed by atoms with E-state index in [4.69, 9.17) is 0 Å². The molecule has 0 bridgehead atoms. The van der Waals surface area contributed by atoms with Crippen LogP contribution in [-0.4, -0.2) is 51.2 Å². The number of aromatic nitrogens is 2. The molecule has 9 heteroatoms. The molecule has 0 spiro atoms. The highest BCUT2D eigenvalue weighted by molar-refractivity contribution is 8.01. The number of nitrogens with zero attached hydrogens (tertiary/aromatic N) is 2. The van der Waals surface area contributed by atoms with E-state index in [2.05, 4.69) is 10.2 Å². The van der Waals surface area contributed by atoms with Gasteiger partial charge in [0.1, 0.15) is 10.9 Å². The third-order valence-corrected chi connectivity index (χ3v) is 7.34. The largest absolute Gasteiger partial charge is 0.480 e. The molecule has 1 aliphatic heterocycles. The summed E-state index contributed by atoms with van der Waals surface area (Å²) in [5.74, 6) is -0.845. The number of aryl methyl sites for hydroxylation is 2. The molecule has 0 aliphatic carbocycles. The summed E-state index contributed by atoms with van der Waals surface area (Å²) in [5, 5.41) is 15.5. The Morgan fingerprint density at radius 2 is 2.10 bits per heavy atom. The van der Waals surface area contributed by atoms with E-state index in [0.717, 1.165) is 4.31 Å². The highest BCUT2D eigenvalue weighted by Gasteiger charge is 2.48. The lowest BCUT2D eigenvalue weighted by Crippen LogP contribution is -2.47. The van der Waals surface area contributed by atoms with Crippen molar-refractivity contribution in [2.45, 2.75) is 44.0 Å². The first-order valence-electron chi connectivity index (χ1n) is 6.57. The van der Waals surface area contributed by atoms with Gasteiger partial charge in [0.2, 0.25) is 10.0 Å². The number of hydrogen-bond acceptors (Lipinski definition) is 5. The molecule has 2 rings (SSSR count). The highest BCUT2D eigenvalue weighted by Crippen LogP contribution is 2.39. The van der Waals surface area contributed by atoms with Gasteiger partial charge in [0.25, 0.3) is 0 Å². The average molecular weight is 333 g/mol. The smallest absolute Gasteiger partial charge is 0.322 e. The minimum atomic E-state index is -3.91. The maximum atomic E-state index is 13.0. The first-order valence-corrected chi connectivity index (χ1v) is 9.06. The van der Waals surface area contributed by atoms with Crippen molar-refractivity contribution in [2.75, 3.05) is 5.75 Å². The van der Waals surface area contributed by atoms with Gasteiger partial charge >= 0.3 is 5.97 Å². The minimum absolute atomic E-state index is 0.0154. The van der Waals surface area contributed by atoms with Gasteiger partial charge < -0.3 is 5.11 Å². The van der Waals surface area contributed by atoms with Crippen LogP contribution in [0.2, 0.25) is 0 Å². The Labute approximate surface area is 128 Å². The molecule has 1 saturated heterocycles. The van der Waals surface area contributed by atoms with Crippen molar-refractivity contribution in [1.82, 2.24) is 14.5 Å². The zero-order valence-electron chi connectivity index (χ0n) is 12.3. The van der Waals surface area contributed by atoms with Crippen LogP contribution < -0.4 is 0 Å². The second kappa shape index (κ2) is 5.62. The molecular formula is C12H19N3O4S2. The van der Waals surface area contributed by atoms with E-state index in [0.29, 0.717) is 11.4 Å². The quantitative estimate of drug-likeness (QED) is 0.858. The Balaban J connectivity index is 2.56. The van der Waals surface area contributed by atoms with Crippen LogP contribution in [0, 0.1) is 19.8 Å². The van der Waals surface area contributed by atoms with Gasteiger partial charge in [0.15, 0.2) is 0 Å². The van der Waals surface area contributed by atoms with E-state index in [1.54, 1.807) is 13.8 Å². The van der Waals surface area contributed by atoms with Crippen LogP contribution in [-0.2, 0) is 14.8 Å². The number of rotatable bonds is 4. The number of carboxylic acid groups (broad SMARTS) is 1. The predicted molar refractivity (Wildman–Crippen MR) is 79.6 cm³/mol. The lowest BCUT2D eigenvalue weighted by molar-refractivity contribution is -0.140. The van der Waals surface area contributed by atoms with Crippen LogP contribution in [0.3, 0.4) is 0 Å². The molecule has 21 heavy (non-hydrogen) atoms. The fourth-order valence-corrected chi connectivity index (χ4v) is 6.57. The summed E-state index contributed by atoms with van der Waals surface area (Å²) < 4.78 is 27.0. The van der Waals surface area contributed by atoms with E-state index < -0.39 is 22.0 Å². The van der Waals surface area contributed by atoms with Crippen LogP contribution in [0.1, 0.15) is 25.2 Å². The summed E-state index contributed by atoms with van der Waals surface area (Å²) in [6, 6.07) is -1.04. The van der Waals surface area contributed by atoms with Gasteiger partial charge in [0, 0.05) is 5.75 Å². The standard InChI is InChI=1S/C12H19N3O4S2/c1-6(2)11-15(9(5-20-11)12(16)17)21(18,19)10-7(3)13-14-8(10)4/h6,9,11H,5H2,1-4H3,(H,13,14)(H,16,17). The molecule has 0 aromatic carbocycles. The van der Waals surface area contributed by atoms with Crippen molar-refractivity contribution < 1.29 is 18.3 Å². The maximum Gasteiger partial charge on any atom is 0.322 e. The van der Waals surface area contributed by atoms with E-state index in [1.807, 2.05) is 13.8 Å². The molecule has 0 amide bonds. The minimum Gasteiger partial charge on any atom is -0.480 e. The van der Waals surface area contributed by atoms with Crippen molar-refractivity contribution in [3.63, 3.8) is 0 Å². The molecule has 2 N–H and O–H groups in total. The van der Waals surface area contributed by atoms with Crippen LogP contribution >= 0.6 is 11.8 Å². The summed E-state index contributed by atoms with van der Waals surface area (Å²) in [7, 11) is -3.91. The summed E-state index contributed by atoms with van der Waals surface area (Å²) in [6.07, 6.45) is 0. The fourth-order valence-electron chi connectivity index (χ4n) is 2.51. The number of carboxylic acids is 1. The van der Waals surface area contributed by atoms with Crippen molar-refractivity contribution in [1.29, 1.82) is 0 Å². The first-order chi connectivity index (χ1) is 9.67. The van der Waals surface area contributed by atoms with Crippen LogP contribution in [0.4, 0.5) is 0 Å². The molecule has 0 saturated carbocycles. The third-order valence-electron chi connectivity index (χ3n) is 3.43. The molecule has 0 radical (unpaired) electrons. The van der Waals surface area contributed by atoms with Gasteiger partial charge in [-0.2, -0.15) is 9.40 Å². The van der Waals surface area contributed by atoms with Gasteiger partial charge in [-0.3, -0.25) is 9.89 Å². The van der Waals surface area contributed by atoms with Crippen molar-refractivity contribution in [3.8, 4) is 0 Å². The Morgan fingerprint density at radius 1 is 1.48 bits per heavy atom. The van der Waals surface area contributed by atoms with E-state index >= 15 is 0 Å². The van der Waals surface area contributed by atoms with E-state index in [9.17, 15) is 18.3 Å². The molecule has 7 nitrogen and oxygen atoms in total. The van der Waals surface area contributed by atoms with Gasteiger partial charge in [-0.15, -0.1) is 11.8 Å². The summed E-state index contributed by atoms with van der Waals surface area (Å²) in [6.45, 7) is 7.00. The monoisotopic (exact) mass is 333 g/mol. The van der Waals surface area contributed by atoms with Gasteiger partial charge in [0.05, 0.1) is 16.8 Å². The lowest BCUT2D eigenvalue weighted by atomic mass is 10.2. The van der Waals surface area contributed by atoms with Crippen LogP contribution in [0.5, 0.6) is 0 Å². The van der Waals surface area contributed by atoms with E-state index in [-0.39, 0.29) is 21.9 Å². The molecule has 2 atom stereocenters. The SMILES string of the molecule is Cc1n[nH]c(C)c1S(=O)(=O)N1C(C(=O)O)CSC1C(C)C. The molecule has 1 aliphatic rings. The summed E-state index contributed by atoms with van der Waals surface area (Å²) >= 11 is 1.37. The van der Waals surface area contributed by atoms with Crippen molar-refractivity contribution in [3.05, 3.63) is 11.4 Å². The zero-order valence-corrected chi connectivity index (χ0v) is 14.0. The van der Waals surface area contributed by atoms with E-state index in [1.165, 1.54) is 11.8 Å². The Kier molecular flexibility index (Phi) is 4.36. The topological polar surface area (TPSA) is 103 Å². The molecular weight excluding hydrogens is 314 g/mol. The fraction of sp³-hybridized carbons (Fsp3) is 0.667. The molecule has 118 valence electrons. The molecule has 1 fully saturated rings. The number of sulfonamides is 1. The van der Waals surface area contributed by atoms with Gasteiger partial charge in [-0.05, 0) is 19.8 Å². The average Bonchev–Trinajstić information content (AvgIpc) is 2.93. The van der Waals surface area contributed by atoms with Gasteiger partial charge in [-0.1, -0.05) is 13.8 Å². The van der Waals surface area contributed by atoms with Crippen molar-refractivity contribution >= 4 is 27.8 Å². The molecule has 1 aromatic rings. The first kappa shape index (κ1) is 16.3. The highest BCUT2D eigenvalue weighted by atomic mass is 32.2. The Bertz CT molecular complexity index is 634. The number of carbonyl (C=O) groups is 1. The Hall–Kier alpha value is -1.06. The lowest BCUT2D eigenvalue weighted by Gasteiger charge is -2.28. The molecule has 1 aromatic heterocycles. The predicted octanol–water partition coefficient (Wildman–Crippen LogP) is 1.20. The Morgan fingerprint density at radius 3 is 2.52 bits per heavy atom. The number of H-pyrrole nitrogens is 1. The summed E-state index contributed by atoms with van der Waals surface area (Å²) in [5.41, 5.74) is 0.784. The van der Waals surface area contributed by atoms with Gasteiger partial charge in [-0.25, -0.2) is 8.42 Å².